The molecule has 3 saturated heterocycles. The molecular formula is C19H32N4O4. The van der Waals surface area contributed by atoms with Crippen LogP contribution in [0.1, 0.15) is 47.0 Å². The molecule has 0 spiro atoms. The van der Waals surface area contributed by atoms with Gasteiger partial charge in [0.05, 0.1) is 12.6 Å². The lowest BCUT2D eigenvalue weighted by atomic mass is 10.0. The summed E-state index contributed by atoms with van der Waals surface area (Å²) in [5.41, 5.74) is 0. The van der Waals surface area contributed by atoms with Crippen LogP contribution in [0.4, 0.5) is 9.59 Å². The van der Waals surface area contributed by atoms with Crippen molar-refractivity contribution in [3.05, 3.63) is 0 Å². The number of carbonyl (C=O) groups is 3. The molecule has 3 heterocycles. The molecule has 8 heteroatoms. The van der Waals surface area contributed by atoms with Crippen molar-refractivity contribution in [2.75, 3.05) is 32.7 Å². The second-order valence-corrected chi connectivity index (χ2v) is 7.93. The molecule has 0 radical (unpaired) electrons. The topological polar surface area (TPSA) is 73.4 Å². The Hall–Kier alpha value is -1.99. The third-order valence-corrected chi connectivity index (χ3v) is 6.05. The van der Waals surface area contributed by atoms with E-state index in [1.807, 2.05) is 42.4 Å². The van der Waals surface area contributed by atoms with Crippen LogP contribution in [0.3, 0.4) is 0 Å². The summed E-state index contributed by atoms with van der Waals surface area (Å²) in [7, 11) is 0. The third kappa shape index (κ3) is 3.71. The number of urea groups is 1. The Labute approximate surface area is 161 Å². The van der Waals surface area contributed by atoms with Crippen LogP contribution in [0, 0.1) is 0 Å². The predicted octanol–water partition coefficient (Wildman–Crippen LogP) is 1.74. The highest BCUT2D eigenvalue weighted by molar-refractivity contribution is 5.78. The smallest absolute Gasteiger partial charge is 0.410 e. The normalized spacial score (nSPS) is 25.8. The van der Waals surface area contributed by atoms with Crippen molar-refractivity contribution in [1.29, 1.82) is 0 Å². The lowest BCUT2D eigenvalue weighted by Gasteiger charge is -2.40. The summed E-state index contributed by atoms with van der Waals surface area (Å²) in [6.07, 6.45) is 1.49. The molecule has 4 amide bonds. The van der Waals surface area contributed by atoms with Gasteiger partial charge in [-0.05, 0) is 33.6 Å². The molecule has 3 fully saturated rings. The summed E-state index contributed by atoms with van der Waals surface area (Å²) < 4.78 is 5.54. The van der Waals surface area contributed by atoms with Gasteiger partial charge in [-0.2, -0.15) is 0 Å². The third-order valence-electron chi connectivity index (χ3n) is 6.05. The van der Waals surface area contributed by atoms with E-state index in [9.17, 15) is 14.4 Å². The number of ether oxygens (including phenoxy) is 1. The second kappa shape index (κ2) is 7.94. The van der Waals surface area contributed by atoms with E-state index in [0.29, 0.717) is 39.1 Å². The Morgan fingerprint density at radius 3 is 2.37 bits per heavy atom. The Morgan fingerprint density at radius 2 is 1.81 bits per heavy atom. The van der Waals surface area contributed by atoms with Gasteiger partial charge in [-0.25, -0.2) is 9.59 Å². The average Bonchev–Trinajstić information content (AvgIpc) is 3.18. The molecule has 27 heavy (non-hydrogen) atoms. The van der Waals surface area contributed by atoms with Gasteiger partial charge in [0, 0.05) is 44.7 Å². The molecule has 3 aliphatic heterocycles. The summed E-state index contributed by atoms with van der Waals surface area (Å²) in [5.74, 6) is 0.106. The molecule has 0 saturated carbocycles. The first-order chi connectivity index (χ1) is 12.9. The van der Waals surface area contributed by atoms with E-state index in [4.69, 9.17) is 4.74 Å². The van der Waals surface area contributed by atoms with Crippen molar-refractivity contribution in [2.24, 2.45) is 0 Å². The average molecular weight is 380 g/mol. The van der Waals surface area contributed by atoms with E-state index < -0.39 is 0 Å². The summed E-state index contributed by atoms with van der Waals surface area (Å²) in [6, 6.07) is 0.272. The molecule has 0 bridgehead atoms. The van der Waals surface area contributed by atoms with Crippen LogP contribution < -0.4 is 0 Å². The van der Waals surface area contributed by atoms with Gasteiger partial charge < -0.3 is 19.4 Å². The minimum atomic E-state index is -0.268. The van der Waals surface area contributed by atoms with Gasteiger partial charge in [0.1, 0.15) is 6.10 Å². The van der Waals surface area contributed by atoms with Gasteiger partial charge in [-0.3, -0.25) is 9.69 Å². The van der Waals surface area contributed by atoms with E-state index in [2.05, 4.69) is 0 Å². The molecule has 152 valence electrons. The van der Waals surface area contributed by atoms with Gasteiger partial charge in [0.2, 0.25) is 5.91 Å². The van der Waals surface area contributed by atoms with E-state index in [-0.39, 0.29) is 42.3 Å². The SMILES string of the molecule is CCC(=O)N1C[C@@H]2OC(=O)N(C3CCN(C(=O)N(CC)C(C)C)CC3)[C@@H]2C1. The summed E-state index contributed by atoms with van der Waals surface area (Å²) in [4.78, 5) is 44.5. The van der Waals surface area contributed by atoms with Crippen molar-refractivity contribution in [3.8, 4) is 0 Å². The van der Waals surface area contributed by atoms with E-state index in [1.165, 1.54) is 0 Å². The summed E-state index contributed by atoms with van der Waals surface area (Å²) >= 11 is 0. The number of piperidine rings is 1. The van der Waals surface area contributed by atoms with Gasteiger partial charge in [-0.1, -0.05) is 6.92 Å². The minimum absolute atomic E-state index is 0.0527. The maximum Gasteiger partial charge on any atom is 0.410 e. The van der Waals surface area contributed by atoms with Crippen LogP contribution in [-0.4, -0.2) is 94.6 Å². The van der Waals surface area contributed by atoms with Gasteiger partial charge in [-0.15, -0.1) is 0 Å². The number of hydrogen-bond donors (Lipinski definition) is 0. The number of hydrogen-bond acceptors (Lipinski definition) is 4. The standard InChI is InChI=1S/C19H32N4O4/c1-5-17(24)21-11-15-16(12-21)27-19(26)23(15)14-7-9-20(10-8-14)18(25)22(6-2)13(3)4/h13-16H,5-12H2,1-4H3/t15-,16+/m1/s1. The molecule has 3 aliphatic rings. The first-order valence-electron chi connectivity index (χ1n) is 10.2. The zero-order valence-electron chi connectivity index (χ0n) is 16.9. The summed E-state index contributed by atoms with van der Waals surface area (Å²) in [5, 5.41) is 0. The lowest BCUT2D eigenvalue weighted by molar-refractivity contribution is -0.130. The van der Waals surface area contributed by atoms with E-state index in [0.717, 1.165) is 12.8 Å². The van der Waals surface area contributed by atoms with Crippen LogP contribution in [0.2, 0.25) is 0 Å². The monoisotopic (exact) mass is 380 g/mol. The largest absolute Gasteiger partial charge is 0.442 e. The fraction of sp³-hybridized carbons (Fsp3) is 0.842. The Balaban J connectivity index is 1.60. The number of carbonyl (C=O) groups excluding carboxylic acids is 3. The van der Waals surface area contributed by atoms with Gasteiger partial charge in [0.25, 0.3) is 0 Å². The molecule has 8 nitrogen and oxygen atoms in total. The molecular weight excluding hydrogens is 348 g/mol. The number of nitrogens with zero attached hydrogens (tertiary/aromatic N) is 4. The molecule has 2 atom stereocenters. The molecule has 0 unspecified atom stereocenters. The highest BCUT2D eigenvalue weighted by Crippen LogP contribution is 2.32. The molecule has 0 aromatic carbocycles. The van der Waals surface area contributed by atoms with Crippen molar-refractivity contribution in [1.82, 2.24) is 19.6 Å². The Morgan fingerprint density at radius 1 is 1.15 bits per heavy atom. The zero-order chi connectivity index (χ0) is 19.7. The highest BCUT2D eigenvalue weighted by atomic mass is 16.6. The van der Waals surface area contributed by atoms with E-state index >= 15 is 0 Å². The second-order valence-electron chi connectivity index (χ2n) is 7.93. The van der Waals surface area contributed by atoms with Crippen LogP contribution in [0.5, 0.6) is 0 Å². The fourth-order valence-corrected chi connectivity index (χ4v) is 4.55. The minimum Gasteiger partial charge on any atom is -0.442 e. The first-order valence-corrected chi connectivity index (χ1v) is 10.2. The molecule has 0 aromatic heterocycles. The van der Waals surface area contributed by atoms with Crippen molar-refractivity contribution in [3.63, 3.8) is 0 Å². The fourth-order valence-electron chi connectivity index (χ4n) is 4.55. The van der Waals surface area contributed by atoms with Gasteiger partial charge in [0.15, 0.2) is 0 Å². The maximum absolute atomic E-state index is 12.7. The number of rotatable bonds is 4. The van der Waals surface area contributed by atoms with Crippen LogP contribution in [-0.2, 0) is 9.53 Å². The maximum atomic E-state index is 12.7. The quantitative estimate of drug-likeness (QED) is 0.745. The van der Waals surface area contributed by atoms with E-state index in [1.54, 1.807) is 4.90 Å². The van der Waals surface area contributed by atoms with Crippen LogP contribution in [0.15, 0.2) is 0 Å². The molecule has 3 rings (SSSR count). The predicted molar refractivity (Wildman–Crippen MR) is 100 cm³/mol. The Bertz CT molecular complexity index is 588. The van der Waals surface area contributed by atoms with Crippen LogP contribution >= 0.6 is 0 Å². The molecule has 0 aromatic rings. The van der Waals surface area contributed by atoms with Crippen molar-refractivity contribution < 1.29 is 19.1 Å². The summed E-state index contributed by atoms with van der Waals surface area (Å²) in [6.45, 7) is 10.9. The number of likely N-dealkylation sites (tertiary alicyclic amines) is 2. The molecule has 0 aliphatic carbocycles. The van der Waals surface area contributed by atoms with Crippen molar-refractivity contribution >= 4 is 18.0 Å². The van der Waals surface area contributed by atoms with Crippen LogP contribution in [0.25, 0.3) is 0 Å². The number of fused-ring (bicyclic) bond motifs is 1. The number of amides is 4. The van der Waals surface area contributed by atoms with Gasteiger partial charge >= 0.3 is 12.1 Å². The zero-order valence-corrected chi connectivity index (χ0v) is 16.9. The first kappa shape index (κ1) is 19.8. The molecule has 0 N–H and O–H groups in total. The lowest BCUT2D eigenvalue weighted by Crippen LogP contribution is -2.54. The highest BCUT2D eigenvalue weighted by Gasteiger charge is 2.51. The Kier molecular flexibility index (Phi) is 5.81. The van der Waals surface area contributed by atoms with Crippen molar-refractivity contribution in [2.45, 2.75) is 71.2 Å².